The molecule has 0 aliphatic rings. The first-order chi connectivity index (χ1) is 9.96. The highest BCUT2D eigenvalue weighted by Gasteiger charge is 2.39. The molecule has 122 valence electrons. The molecule has 0 N–H and O–H groups in total. The van der Waals surface area contributed by atoms with Gasteiger partial charge in [0.1, 0.15) is 5.60 Å². The van der Waals surface area contributed by atoms with Gasteiger partial charge in [0, 0.05) is 24.7 Å². The molecule has 1 rings (SSSR count). The van der Waals surface area contributed by atoms with Gasteiger partial charge in [-0.1, -0.05) is 12.6 Å². The van der Waals surface area contributed by atoms with E-state index in [4.69, 9.17) is 4.74 Å². The van der Waals surface area contributed by atoms with E-state index in [0.717, 1.165) is 7.14 Å². The van der Waals surface area contributed by atoms with Gasteiger partial charge in [0.25, 0.3) is 0 Å². The van der Waals surface area contributed by atoms with Crippen LogP contribution in [0.15, 0.2) is 30.4 Å². The van der Waals surface area contributed by atoms with Gasteiger partial charge in [0.05, 0.1) is 0 Å². The molecule has 0 aromatic heterocycles. The summed E-state index contributed by atoms with van der Waals surface area (Å²) in [6.45, 7) is 6.46. The number of carbonyl (C=O) groups is 1. The maximum absolute atomic E-state index is 12.6. The normalized spacial score (nSPS) is 14.3. The highest BCUT2D eigenvalue weighted by molar-refractivity contribution is 14.1. The summed E-state index contributed by atoms with van der Waals surface area (Å²) in [6.07, 6.45) is -5.69. The summed E-state index contributed by atoms with van der Waals surface area (Å²) in [7, 11) is 0. The van der Waals surface area contributed by atoms with Crippen LogP contribution in [0.2, 0.25) is 0 Å². The van der Waals surface area contributed by atoms with Gasteiger partial charge in [0.15, 0.2) is 0 Å². The van der Waals surface area contributed by atoms with Crippen LogP contribution in [-0.2, 0) is 15.1 Å². The van der Waals surface area contributed by atoms with Crippen molar-refractivity contribution in [2.45, 2.75) is 38.5 Å². The Labute approximate surface area is 154 Å². The van der Waals surface area contributed by atoms with Gasteiger partial charge in [0.2, 0.25) is 0 Å². The molecule has 0 saturated carbocycles. The molecule has 0 heterocycles. The van der Waals surface area contributed by atoms with E-state index in [9.17, 15) is 18.0 Å². The molecule has 0 spiro atoms. The summed E-state index contributed by atoms with van der Waals surface area (Å²) in [5.41, 5.74) is -0.617. The molecule has 7 heteroatoms. The van der Waals surface area contributed by atoms with E-state index < -0.39 is 24.2 Å². The molecule has 0 aliphatic carbocycles. The first kappa shape index (κ1) is 19.7. The zero-order valence-electron chi connectivity index (χ0n) is 12.1. The summed E-state index contributed by atoms with van der Waals surface area (Å²) in [6, 6.07) is 5.36. The van der Waals surface area contributed by atoms with Crippen LogP contribution in [0, 0.1) is 7.14 Å². The predicted octanol–water partition coefficient (Wildman–Crippen LogP) is 5.57. The second kappa shape index (κ2) is 7.50. The fourth-order valence-corrected chi connectivity index (χ4v) is 4.56. The van der Waals surface area contributed by atoms with E-state index in [-0.39, 0.29) is 12.0 Å². The zero-order valence-corrected chi connectivity index (χ0v) is 16.4. The third-order valence-corrected chi connectivity index (χ3v) is 4.84. The average Bonchev–Trinajstić information content (AvgIpc) is 2.35. The van der Waals surface area contributed by atoms with Crippen LogP contribution in [0.5, 0.6) is 0 Å². The largest absolute Gasteiger partial charge is 0.451 e. The van der Waals surface area contributed by atoms with E-state index in [1.165, 1.54) is 13.8 Å². The SMILES string of the molecule is C=C(C)C(=O)OC(C)(CCC(F)(F)F)c1c(I)cccc1I. The molecule has 1 aromatic rings. The molecular formula is C15H15F3I2O2. The number of benzene rings is 1. The Balaban J connectivity index is 3.26. The van der Waals surface area contributed by atoms with E-state index in [0.29, 0.717) is 5.56 Å². The molecule has 1 unspecified atom stereocenters. The third-order valence-electron chi connectivity index (χ3n) is 3.04. The number of halogens is 5. The van der Waals surface area contributed by atoms with Crippen molar-refractivity contribution in [1.29, 1.82) is 0 Å². The fourth-order valence-electron chi connectivity index (χ4n) is 1.90. The number of rotatable bonds is 5. The molecule has 0 bridgehead atoms. The Morgan fingerprint density at radius 1 is 1.23 bits per heavy atom. The summed E-state index contributed by atoms with van der Waals surface area (Å²) in [5, 5.41) is 0. The summed E-state index contributed by atoms with van der Waals surface area (Å²) in [4.78, 5) is 11.9. The van der Waals surface area contributed by atoms with Crippen molar-refractivity contribution in [3.63, 3.8) is 0 Å². The lowest BCUT2D eigenvalue weighted by Crippen LogP contribution is -2.33. The quantitative estimate of drug-likeness (QED) is 0.279. The topological polar surface area (TPSA) is 26.3 Å². The second-order valence-corrected chi connectivity index (χ2v) is 7.44. The highest BCUT2D eigenvalue weighted by atomic mass is 127. The number of esters is 1. The fraction of sp³-hybridized carbons (Fsp3) is 0.400. The number of ether oxygens (including phenoxy) is 1. The van der Waals surface area contributed by atoms with E-state index in [2.05, 4.69) is 6.58 Å². The molecule has 1 atom stereocenters. The molecule has 0 amide bonds. The van der Waals surface area contributed by atoms with Gasteiger partial charge in [-0.05, 0) is 77.6 Å². The van der Waals surface area contributed by atoms with Crippen molar-refractivity contribution in [1.82, 2.24) is 0 Å². The molecule has 0 aliphatic heterocycles. The van der Waals surface area contributed by atoms with Crippen molar-refractivity contribution < 1.29 is 22.7 Å². The van der Waals surface area contributed by atoms with Crippen LogP contribution in [0.4, 0.5) is 13.2 Å². The first-order valence-corrected chi connectivity index (χ1v) is 8.52. The van der Waals surface area contributed by atoms with Crippen molar-refractivity contribution in [2.24, 2.45) is 0 Å². The van der Waals surface area contributed by atoms with Crippen molar-refractivity contribution in [3.05, 3.63) is 43.1 Å². The standard InChI is InChI=1S/C15H15F3I2O2/c1-9(2)13(21)22-14(3,7-8-15(16,17)18)12-10(19)5-4-6-11(12)20/h4-6H,1,7-8H2,2-3H3. The molecule has 0 saturated heterocycles. The lowest BCUT2D eigenvalue weighted by Gasteiger charge is -2.32. The maximum atomic E-state index is 12.6. The minimum absolute atomic E-state index is 0.152. The van der Waals surface area contributed by atoms with Crippen molar-refractivity contribution >= 4 is 51.2 Å². The zero-order chi connectivity index (χ0) is 17.1. The summed E-state index contributed by atoms with van der Waals surface area (Å²) in [5.74, 6) is -0.694. The lowest BCUT2D eigenvalue weighted by molar-refractivity contribution is -0.167. The average molecular weight is 538 g/mol. The van der Waals surface area contributed by atoms with Crippen LogP contribution >= 0.6 is 45.2 Å². The third kappa shape index (κ3) is 5.39. The van der Waals surface area contributed by atoms with Gasteiger partial charge in [-0.3, -0.25) is 0 Å². The summed E-state index contributed by atoms with van der Waals surface area (Å²) >= 11 is 4.07. The molecular weight excluding hydrogens is 523 g/mol. The van der Waals surface area contributed by atoms with Crippen molar-refractivity contribution in [2.75, 3.05) is 0 Å². The Kier molecular flexibility index (Phi) is 6.72. The van der Waals surface area contributed by atoms with Gasteiger partial charge < -0.3 is 4.74 Å². The predicted molar refractivity (Wildman–Crippen MR) is 95.4 cm³/mol. The number of hydrogen-bond donors (Lipinski definition) is 0. The minimum atomic E-state index is -4.32. The Morgan fingerprint density at radius 2 is 1.73 bits per heavy atom. The van der Waals surface area contributed by atoms with Gasteiger partial charge in [-0.25, -0.2) is 4.79 Å². The lowest BCUT2D eigenvalue weighted by atomic mass is 9.90. The van der Waals surface area contributed by atoms with Gasteiger partial charge in [-0.2, -0.15) is 13.2 Å². The molecule has 1 aromatic carbocycles. The maximum Gasteiger partial charge on any atom is 0.389 e. The minimum Gasteiger partial charge on any atom is -0.451 e. The van der Waals surface area contributed by atoms with Crippen LogP contribution in [0.1, 0.15) is 32.3 Å². The second-order valence-electron chi connectivity index (χ2n) is 5.11. The van der Waals surface area contributed by atoms with E-state index in [1.54, 1.807) is 18.2 Å². The Hall–Kier alpha value is -0.320. The van der Waals surface area contributed by atoms with Crippen LogP contribution in [0.25, 0.3) is 0 Å². The van der Waals surface area contributed by atoms with Gasteiger partial charge in [-0.15, -0.1) is 0 Å². The molecule has 22 heavy (non-hydrogen) atoms. The van der Waals surface area contributed by atoms with Crippen LogP contribution in [0.3, 0.4) is 0 Å². The number of carbonyl (C=O) groups excluding carboxylic acids is 1. The monoisotopic (exact) mass is 538 g/mol. The smallest absolute Gasteiger partial charge is 0.389 e. The Morgan fingerprint density at radius 3 is 2.14 bits per heavy atom. The van der Waals surface area contributed by atoms with Crippen molar-refractivity contribution in [3.8, 4) is 0 Å². The first-order valence-electron chi connectivity index (χ1n) is 6.36. The molecule has 0 fully saturated rings. The summed E-state index contributed by atoms with van der Waals surface area (Å²) < 4.78 is 44.8. The molecule has 0 radical (unpaired) electrons. The number of hydrogen-bond acceptors (Lipinski definition) is 2. The van der Waals surface area contributed by atoms with Crippen LogP contribution in [-0.4, -0.2) is 12.1 Å². The van der Waals surface area contributed by atoms with E-state index >= 15 is 0 Å². The number of alkyl halides is 3. The van der Waals surface area contributed by atoms with E-state index in [1.807, 2.05) is 45.2 Å². The van der Waals surface area contributed by atoms with Gasteiger partial charge >= 0.3 is 12.1 Å². The highest BCUT2D eigenvalue weighted by Crippen LogP contribution is 2.39. The Bertz CT molecular complexity index is 564. The van der Waals surface area contributed by atoms with Crippen LogP contribution < -0.4 is 0 Å². The molecule has 2 nitrogen and oxygen atoms in total.